The summed E-state index contributed by atoms with van der Waals surface area (Å²) in [5.41, 5.74) is 1.11. The van der Waals surface area contributed by atoms with Crippen molar-refractivity contribution in [2.24, 2.45) is 5.41 Å². The lowest BCUT2D eigenvalue weighted by atomic mass is 9.81. The van der Waals surface area contributed by atoms with Crippen LogP contribution in [-0.4, -0.2) is 11.1 Å². The second-order valence-electron chi connectivity index (χ2n) is 4.25. The van der Waals surface area contributed by atoms with Crippen molar-refractivity contribution in [2.45, 2.75) is 26.2 Å². The Bertz CT molecular complexity index is 352. The Balaban J connectivity index is 2.49. The summed E-state index contributed by atoms with van der Waals surface area (Å²) in [6.45, 7) is 4.05. The van der Waals surface area contributed by atoms with E-state index in [4.69, 9.17) is 5.11 Å². The second-order valence-corrected chi connectivity index (χ2v) is 5.19. The molecule has 2 rings (SSSR count). The topological polar surface area (TPSA) is 37.3 Å². The summed E-state index contributed by atoms with van der Waals surface area (Å²) in [4.78, 5) is 12.1. The van der Waals surface area contributed by atoms with Gasteiger partial charge in [-0.1, -0.05) is 13.8 Å². The third-order valence-corrected chi connectivity index (χ3v) is 3.74. The van der Waals surface area contributed by atoms with Gasteiger partial charge < -0.3 is 5.11 Å². The van der Waals surface area contributed by atoms with E-state index in [9.17, 15) is 4.79 Å². The average molecular weight is 196 g/mol. The summed E-state index contributed by atoms with van der Waals surface area (Å²) in [6.07, 6.45) is 0.892. The van der Waals surface area contributed by atoms with Gasteiger partial charge in [-0.3, -0.25) is 4.79 Å². The first-order chi connectivity index (χ1) is 6.02. The van der Waals surface area contributed by atoms with E-state index in [0.29, 0.717) is 0 Å². The molecule has 0 amide bonds. The molecule has 1 N–H and O–H groups in total. The highest BCUT2D eigenvalue weighted by atomic mass is 32.1. The van der Waals surface area contributed by atoms with Crippen molar-refractivity contribution in [1.29, 1.82) is 0 Å². The Hall–Kier alpha value is -0.830. The summed E-state index contributed by atoms with van der Waals surface area (Å²) in [7, 11) is 0. The van der Waals surface area contributed by atoms with Gasteiger partial charge in [0.05, 0.1) is 5.92 Å². The smallest absolute Gasteiger partial charge is 0.312 e. The lowest BCUT2D eigenvalue weighted by molar-refractivity contribution is -0.141. The summed E-state index contributed by atoms with van der Waals surface area (Å²) in [5.74, 6) is -0.992. The van der Waals surface area contributed by atoms with E-state index in [1.807, 2.05) is 25.3 Å². The van der Waals surface area contributed by atoms with Crippen molar-refractivity contribution in [1.82, 2.24) is 0 Å². The molecule has 3 heteroatoms. The van der Waals surface area contributed by atoms with Gasteiger partial charge in [-0.2, -0.15) is 0 Å². The minimum atomic E-state index is -0.689. The van der Waals surface area contributed by atoms with Gasteiger partial charge in [0.25, 0.3) is 0 Å². The van der Waals surface area contributed by atoms with Gasteiger partial charge in [0.15, 0.2) is 0 Å². The first-order valence-electron chi connectivity index (χ1n) is 4.31. The molecular formula is C10H12O2S. The third-order valence-electron chi connectivity index (χ3n) is 2.72. The number of hydrogen-bond donors (Lipinski definition) is 1. The lowest BCUT2D eigenvalue weighted by Crippen LogP contribution is -2.24. The normalized spacial score (nSPS) is 24.3. The van der Waals surface area contributed by atoms with Gasteiger partial charge in [0.2, 0.25) is 0 Å². The van der Waals surface area contributed by atoms with E-state index in [1.165, 1.54) is 5.56 Å². The second kappa shape index (κ2) is 2.58. The minimum absolute atomic E-state index is 0.117. The van der Waals surface area contributed by atoms with Crippen LogP contribution in [0.15, 0.2) is 11.4 Å². The van der Waals surface area contributed by atoms with Crippen molar-refractivity contribution in [3.8, 4) is 0 Å². The summed E-state index contributed by atoms with van der Waals surface area (Å²) < 4.78 is 0. The molecule has 0 saturated carbocycles. The van der Waals surface area contributed by atoms with E-state index < -0.39 is 5.97 Å². The number of thiophene rings is 1. The molecule has 0 bridgehead atoms. The molecule has 1 atom stereocenters. The minimum Gasteiger partial charge on any atom is -0.481 e. The number of rotatable bonds is 1. The molecular weight excluding hydrogens is 184 g/mol. The van der Waals surface area contributed by atoms with Crippen LogP contribution < -0.4 is 0 Å². The van der Waals surface area contributed by atoms with Gasteiger partial charge >= 0.3 is 5.97 Å². The van der Waals surface area contributed by atoms with Crippen LogP contribution in [0.3, 0.4) is 0 Å². The Morgan fingerprint density at radius 3 is 3.00 bits per heavy atom. The summed E-state index contributed by atoms with van der Waals surface area (Å²) >= 11 is 1.57. The van der Waals surface area contributed by atoms with Crippen LogP contribution in [0.25, 0.3) is 0 Å². The molecule has 1 heterocycles. The van der Waals surface area contributed by atoms with Gasteiger partial charge in [-0.05, 0) is 28.8 Å². The van der Waals surface area contributed by atoms with E-state index in [2.05, 4.69) is 0 Å². The van der Waals surface area contributed by atoms with Crippen LogP contribution in [0.2, 0.25) is 0 Å². The Labute approximate surface area is 81.2 Å². The number of fused-ring (bicyclic) bond motifs is 1. The zero-order chi connectivity index (χ0) is 9.64. The maximum Gasteiger partial charge on any atom is 0.312 e. The first-order valence-corrected chi connectivity index (χ1v) is 5.19. The van der Waals surface area contributed by atoms with E-state index >= 15 is 0 Å². The largest absolute Gasteiger partial charge is 0.481 e. The van der Waals surface area contributed by atoms with Crippen LogP contribution in [0.4, 0.5) is 0 Å². The Morgan fingerprint density at radius 2 is 2.38 bits per heavy atom. The number of hydrogen-bond acceptors (Lipinski definition) is 2. The SMILES string of the molecule is CC1(C)Cc2ccsc2[C@@H]1C(=O)O. The maximum absolute atomic E-state index is 11.1. The maximum atomic E-state index is 11.1. The fourth-order valence-electron chi connectivity index (χ4n) is 2.14. The molecule has 1 aromatic rings. The van der Waals surface area contributed by atoms with E-state index in [0.717, 1.165) is 11.3 Å². The van der Waals surface area contributed by atoms with E-state index in [-0.39, 0.29) is 11.3 Å². The highest BCUT2D eigenvalue weighted by Gasteiger charge is 2.44. The highest BCUT2D eigenvalue weighted by Crippen LogP contribution is 2.49. The lowest BCUT2D eigenvalue weighted by Gasteiger charge is -2.23. The molecule has 0 spiro atoms. The molecule has 1 aliphatic carbocycles. The van der Waals surface area contributed by atoms with Crippen LogP contribution in [0, 0.1) is 5.41 Å². The van der Waals surface area contributed by atoms with Crippen LogP contribution in [0.1, 0.15) is 30.2 Å². The molecule has 0 aliphatic heterocycles. The van der Waals surface area contributed by atoms with Gasteiger partial charge in [0.1, 0.15) is 0 Å². The van der Waals surface area contributed by atoms with Crippen LogP contribution in [-0.2, 0) is 11.2 Å². The van der Waals surface area contributed by atoms with Gasteiger partial charge in [0, 0.05) is 4.88 Å². The Morgan fingerprint density at radius 1 is 1.69 bits per heavy atom. The number of carbonyl (C=O) groups is 1. The standard InChI is InChI=1S/C10H12O2S/c1-10(2)5-6-3-4-13-8(6)7(10)9(11)12/h3-4,7H,5H2,1-2H3,(H,11,12)/t7-/m1/s1. The zero-order valence-electron chi connectivity index (χ0n) is 7.70. The zero-order valence-corrected chi connectivity index (χ0v) is 8.52. The Kier molecular flexibility index (Phi) is 1.74. The molecule has 70 valence electrons. The quantitative estimate of drug-likeness (QED) is 0.749. The molecule has 2 nitrogen and oxygen atoms in total. The van der Waals surface area contributed by atoms with Crippen LogP contribution in [0.5, 0.6) is 0 Å². The van der Waals surface area contributed by atoms with Crippen molar-refractivity contribution >= 4 is 17.3 Å². The fraction of sp³-hybridized carbons (Fsp3) is 0.500. The molecule has 0 aromatic carbocycles. The van der Waals surface area contributed by atoms with Crippen molar-refractivity contribution in [3.05, 3.63) is 21.9 Å². The van der Waals surface area contributed by atoms with Gasteiger partial charge in [-0.25, -0.2) is 0 Å². The third kappa shape index (κ3) is 1.18. The summed E-state index contributed by atoms with van der Waals surface area (Å²) in [5, 5.41) is 11.1. The number of carboxylic acids is 1. The predicted molar refractivity (Wildman–Crippen MR) is 52.2 cm³/mol. The van der Waals surface area contributed by atoms with Crippen molar-refractivity contribution in [3.63, 3.8) is 0 Å². The molecule has 0 fully saturated rings. The van der Waals surface area contributed by atoms with Crippen molar-refractivity contribution < 1.29 is 9.90 Å². The molecule has 0 unspecified atom stereocenters. The number of aliphatic carboxylic acids is 1. The molecule has 13 heavy (non-hydrogen) atoms. The van der Waals surface area contributed by atoms with E-state index in [1.54, 1.807) is 11.3 Å². The summed E-state index contributed by atoms with van der Waals surface area (Å²) in [6, 6.07) is 2.05. The number of carboxylic acid groups (broad SMARTS) is 1. The van der Waals surface area contributed by atoms with Crippen molar-refractivity contribution in [2.75, 3.05) is 0 Å². The van der Waals surface area contributed by atoms with Gasteiger partial charge in [-0.15, -0.1) is 11.3 Å². The predicted octanol–water partition coefficient (Wildman–Crippen LogP) is 2.50. The monoisotopic (exact) mass is 196 g/mol. The highest BCUT2D eigenvalue weighted by molar-refractivity contribution is 7.10. The molecule has 0 radical (unpaired) electrons. The first kappa shape index (κ1) is 8.75. The fourth-order valence-corrected chi connectivity index (χ4v) is 3.37. The van der Waals surface area contributed by atoms with Crippen LogP contribution >= 0.6 is 11.3 Å². The molecule has 1 aliphatic rings. The molecule has 1 aromatic heterocycles. The average Bonchev–Trinajstić information content (AvgIpc) is 2.41. The molecule has 0 saturated heterocycles.